The van der Waals surface area contributed by atoms with Gasteiger partial charge in [-0.15, -0.1) is 11.6 Å². The van der Waals surface area contributed by atoms with Crippen molar-refractivity contribution < 1.29 is 4.79 Å². The summed E-state index contributed by atoms with van der Waals surface area (Å²) >= 11 is 6.71. The summed E-state index contributed by atoms with van der Waals surface area (Å²) in [4.78, 5) is 12.9. The minimum absolute atomic E-state index is 0.0150. The van der Waals surface area contributed by atoms with E-state index in [1.165, 1.54) is 19.3 Å². The second-order valence-corrected chi connectivity index (χ2v) is 7.49. The number of nitrogens with one attached hydrogen (secondary N) is 1. The van der Waals surface area contributed by atoms with Gasteiger partial charge in [-0.3, -0.25) is 4.79 Å². The highest BCUT2D eigenvalue weighted by molar-refractivity contribution is 6.34. The Morgan fingerprint density at radius 1 is 1.00 bits per heavy atom. The molecule has 0 bridgehead atoms. The molecule has 3 rings (SSSR count). The van der Waals surface area contributed by atoms with Crippen LogP contribution in [-0.4, -0.2) is 17.2 Å². The Morgan fingerprint density at radius 3 is 2.28 bits per heavy atom. The third-order valence-corrected chi connectivity index (χ3v) is 5.51. The van der Waals surface area contributed by atoms with Crippen LogP contribution in [0.2, 0.25) is 0 Å². The predicted molar refractivity (Wildman–Crippen MR) is 104 cm³/mol. The molecule has 1 saturated carbocycles. The van der Waals surface area contributed by atoms with E-state index in [9.17, 15) is 4.79 Å². The zero-order chi connectivity index (χ0) is 17.6. The molecule has 0 saturated heterocycles. The van der Waals surface area contributed by atoms with Crippen LogP contribution in [0.5, 0.6) is 0 Å². The number of hydrogen-bond acceptors (Lipinski definition) is 2. The highest BCUT2D eigenvalue weighted by atomic mass is 35.5. The van der Waals surface area contributed by atoms with Gasteiger partial charge in [0.15, 0.2) is 5.78 Å². The topological polar surface area (TPSA) is 29.1 Å². The van der Waals surface area contributed by atoms with E-state index in [1.54, 1.807) is 0 Å². The summed E-state index contributed by atoms with van der Waals surface area (Å²) in [6, 6.07) is 18.0. The molecule has 2 aromatic rings. The van der Waals surface area contributed by atoms with Crippen LogP contribution in [0.4, 0.5) is 0 Å². The maximum atomic E-state index is 12.9. The van der Waals surface area contributed by atoms with Gasteiger partial charge in [-0.2, -0.15) is 0 Å². The number of carbonyl (C=O) groups excluding carboxylic acids is 1. The summed E-state index contributed by atoms with van der Waals surface area (Å²) in [5.41, 5.74) is 2.90. The van der Waals surface area contributed by atoms with Crippen molar-refractivity contribution in [3.63, 3.8) is 0 Å². The minimum atomic E-state index is -0.618. The number of hydrogen-bond donors (Lipinski definition) is 1. The van der Waals surface area contributed by atoms with E-state index in [2.05, 4.69) is 17.4 Å². The van der Waals surface area contributed by atoms with Gasteiger partial charge in [0, 0.05) is 11.6 Å². The average molecular weight is 356 g/mol. The van der Waals surface area contributed by atoms with Gasteiger partial charge in [-0.1, -0.05) is 79.4 Å². The number of Topliss-reactive ketones (excluding diaryl/α,β-unsaturated/α-hetero) is 1. The second kappa shape index (κ2) is 8.64. The number of alkyl halides is 1. The number of ketones is 1. The zero-order valence-electron chi connectivity index (χ0n) is 14.7. The molecule has 2 nitrogen and oxygen atoms in total. The van der Waals surface area contributed by atoms with E-state index in [-0.39, 0.29) is 11.8 Å². The first kappa shape index (κ1) is 18.2. The number of benzene rings is 2. The third kappa shape index (κ3) is 4.71. The lowest BCUT2D eigenvalue weighted by molar-refractivity contribution is 0.0970. The lowest BCUT2D eigenvalue weighted by Crippen LogP contribution is -2.41. The summed E-state index contributed by atoms with van der Waals surface area (Å²) < 4.78 is 0. The zero-order valence-corrected chi connectivity index (χ0v) is 15.5. The van der Waals surface area contributed by atoms with Crippen LogP contribution in [0.15, 0.2) is 54.6 Å². The molecule has 0 aliphatic heterocycles. The Hall–Kier alpha value is -1.64. The highest BCUT2D eigenvalue weighted by Crippen LogP contribution is 2.28. The molecule has 1 aliphatic rings. The molecule has 25 heavy (non-hydrogen) atoms. The molecular formula is C22H26ClNO. The van der Waals surface area contributed by atoms with Crippen LogP contribution in [0, 0.1) is 6.92 Å². The average Bonchev–Trinajstić information content (AvgIpc) is 2.67. The van der Waals surface area contributed by atoms with E-state index in [0.717, 1.165) is 24.0 Å². The summed E-state index contributed by atoms with van der Waals surface area (Å²) in [6.45, 7) is 2.02. The molecule has 0 aromatic heterocycles. The van der Waals surface area contributed by atoms with Crippen molar-refractivity contribution in [2.75, 3.05) is 0 Å². The van der Waals surface area contributed by atoms with Gasteiger partial charge in [0.1, 0.15) is 5.38 Å². The van der Waals surface area contributed by atoms with Gasteiger partial charge in [-0.05, 0) is 25.3 Å². The summed E-state index contributed by atoms with van der Waals surface area (Å²) in [6.07, 6.45) is 6.12. The van der Waals surface area contributed by atoms with Gasteiger partial charge < -0.3 is 5.32 Å². The van der Waals surface area contributed by atoms with Crippen LogP contribution in [0.25, 0.3) is 0 Å². The number of carbonyl (C=O) groups is 1. The normalized spacial score (nSPS) is 17.8. The van der Waals surface area contributed by atoms with Crippen molar-refractivity contribution in [3.8, 4) is 0 Å². The molecule has 2 unspecified atom stereocenters. The van der Waals surface area contributed by atoms with E-state index < -0.39 is 5.38 Å². The van der Waals surface area contributed by atoms with Crippen LogP contribution >= 0.6 is 11.6 Å². The molecule has 0 amide bonds. The van der Waals surface area contributed by atoms with Gasteiger partial charge in [-0.25, -0.2) is 0 Å². The van der Waals surface area contributed by atoms with Crippen molar-refractivity contribution in [3.05, 3.63) is 71.3 Å². The molecular weight excluding hydrogens is 330 g/mol. The monoisotopic (exact) mass is 355 g/mol. The Morgan fingerprint density at radius 2 is 1.64 bits per heavy atom. The van der Waals surface area contributed by atoms with E-state index in [0.29, 0.717) is 11.6 Å². The number of rotatable bonds is 6. The molecule has 1 fully saturated rings. The van der Waals surface area contributed by atoms with Gasteiger partial charge >= 0.3 is 0 Å². The van der Waals surface area contributed by atoms with E-state index in [4.69, 9.17) is 11.6 Å². The first-order valence-corrected chi connectivity index (χ1v) is 9.65. The van der Waals surface area contributed by atoms with Gasteiger partial charge in [0.25, 0.3) is 0 Å². The Labute approximate surface area is 155 Å². The molecule has 0 spiro atoms. The molecule has 132 valence electrons. The SMILES string of the molecule is Cc1ccc(C(=O)C(Cl)C(NC2CCCCC2)c2ccccc2)cc1. The van der Waals surface area contributed by atoms with Crippen molar-refractivity contribution in [1.82, 2.24) is 5.32 Å². The minimum Gasteiger partial charge on any atom is -0.306 e. The molecule has 3 heteroatoms. The van der Waals surface area contributed by atoms with Crippen molar-refractivity contribution in [2.45, 2.75) is 56.5 Å². The van der Waals surface area contributed by atoms with Crippen LogP contribution < -0.4 is 5.32 Å². The fourth-order valence-electron chi connectivity index (χ4n) is 3.56. The quantitative estimate of drug-likeness (QED) is 0.551. The van der Waals surface area contributed by atoms with Crippen molar-refractivity contribution in [2.24, 2.45) is 0 Å². The molecule has 2 atom stereocenters. The van der Waals surface area contributed by atoms with E-state index in [1.807, 2.05) is 49.4 Å². The fourth-order valence-corrected chi connectivity index (χ4v) is 3.91. The lowest BCUT2D eigenvalue weighted by atomic mass is 9.91. The summed E-state index contributed by atoms with van der Waals surface area (Å²) in [7, 11) is 0. The third-order valence-electron chi connectivity index (χ3n) is 5.06. The van der Waals surface area contributed by atoms with Crippen LogP contribution in [-0.2, 0) is 0 Å². The molecule has 2 aromatic carbocycles. The lowest BCUT2D eigenvalue weighted by Gasteiger charge is -2.31. The molecule has 1 N–H and O–H groups in total. The summed E-state index contributed by atoms with van der Waals surface area (Å²) in [5.74, 6) is -0.0150. The smallest absolute Gasteiger partial charge is 0.182 e. The van der Waals surface area contributed by atoms with Crippen molar-refractivity contribution in [1.29, 1.82) is 0 Å². The first-order chi connectivity index (χ1) is 12.1. The Kier molecular flexibility index (Phi) is 6.28. The van der Waals surface area contributed by atoms with Crippen molar-refractivity contribution >= 4 is 17.4 Å². The molecule has 0 radical (unpaired) electrons. The maximum Gasteiger partial charge on any atom is 0.182 e. The standard InChI is InChI=1S/C22H26ClNO/c1-16-12-14-18(15-13-16)22(25)20(23)21(17-8-4-2-5-9-17)24-19-10-6-3-7-11-19/h2,4-5,8-9,12-15,19-21,24H,3,6-7,10-11H2,1H3. The molecule has 1 aliphatic carbocycles. The largest absolute Gasteiger partial charge is 0.306 e. The highest BCUT2D eigenvalue weighted by Gasteiger charge is 2.30. The van der Waals surface area contributed by atoms with Crippen LogP contribution in [0.3, 0.4) is 0 Å². The predicted octanol–water partition coefficient (Wildman–Crippen LogP) is 5.45. The maximum absolute atomic E-state index is 12.9. The Bertz CT molecular complexity index is 677. The van der Waals surface area contributed by atoms with E-state index >= 15 is 0 Å². The number of halogens is 1. The van der Waals surface area contributed by atoms with Gasteiger partial charge in [0.2, 0.25) is 0 Å². The second-order valence-electron chi connectivity index (χ2n) is 7.02. The van der Waals surface area contributed by atoms with Crippen LogP contribution in [0.1, 0.15) is 59.6 Å². The summed E-state index contributed by atoms with van der Waals surface area (Å²) in [5, 5.41) is 3.06. The molecule has 0 heterocycles. The van der Waals surface area contributed by atoms with Gasteiger partial charge in [0.05, 0.1) is 6.04 Å². The first-order valence-electron chi connectivity index (χ1n) is 9.21. The number of aryl methyl sites for hydroxylation is 1. The fraction of sp³-hybridized carbons (Fsp3) is 0.409. The Balaban J connectivity index is 1.82.